The highest BCUT2D eigenvalue weighted by molar-refractivity contribution is 7.87. The molecular weight excluding hydrogens is 559 g/mol. The van der Waals surface area contributed by atoms with Crippen LogP contribution in [0.25, 0.3) is 0 Å². The van der Waals surface area contributed by atoms with E-state index < -0.39 is 20.2 Å². The summed E-state index contributed by atoms with van der Waals surface area (Å²) in [5.74, 6) is 0.967. The molecule has 0 N–H and O–H groups in total. The highest BCUT2D eigenvalue weighted by atomic mass is 35.5. The van der Waals surface area contributed by atoms with E-state index in [2.05, 4.69) is 0 Å². The first-order valence-corrected chi connectivity index (χ1v) is 14.3. The molecule has 192 valence electrons. The average Bonchev–Trinajstić information content (AvgIpc) is 2.84. The van der Waals surface area contributed by atoms with E-state index in [-0.39, 0.29) is 21.3 Å². The Balaban J connectivity index is 1.43. The van der Waals surface area contributed by atoms with Gasteiger partial charge in [0.1, 0.15) is 32.8 Å². The number of ether oxygens (including phenoxy) is 1. The summed E-state index contributed by atoms with van der Waals surface area (Å²) in [7, 11) is -8.14. The molecule has 37 heavy (non-hydrogen) atoms. The van der Waals surface area contributed by atoms with Crippen molar-refractivity contribution in [1.29, 1.82) is 0 Å². The van der Waals surface area contributed by atoms with Crippen LogP contribution in [0.1, 0.15) is 11.1 Å². The lowest BCUT2D eigenvalue weighted by molar-refractivity contribution is 0.477. The Bertz CT molecular complexity index is 1530. The van der Waals surface area contributed by atoms with E-state index in [1.54, 1.807) is 26.0 Å². The van der Waals surface area contributed by atoms with Gasteiger partial charge in [-0.05, 0) is 110 Å². The molecule has 0 unspecified atom stereocenters. The smallest absolute Gasteiger partial charge is 0.339 e. The Morgan fingerprint density at radius 2 is 0.838 bits per heavy atom. The maximum Gasteiger partial charge on any atom is 0.339 e. The molecule has 0 fully saturated rings. The predicted octanol–water partition coefficient (Wildman–Crippen LogP) is 6.94. The second-order valence-electron chi connectivity index (χ2n) is 7.94. The predicted molar refractivity (Wildman–Crippen MR) is 141 cm³/mol. The van der Waals surface area contributed by atoms with Crippen molar-refractivity contribution in [3.05, 3.63) is 106 Å². The van der Waals surface area contributed by atoms with Crippen molar-refractivity contribution < 1.29 is 29.9 Å². The second kappa shape index (κ2) is 10.6. The van der Waals surface area contributed by atoms with Gasteiger partial charge in [0.25, 0.3) is 0 Å². The molecule has 0 amide bonds. The molecule has 0 radical (unpaired) electrons. The number of rotatable bonds is 8. The van der Waals surface area contributed by atoms with Gasteiger partial charge in [-0.1, -0.05) is 23.2 Å². The van der Waals surface area contributed by atoms with Crippen LogP contribution in [-0.2, 0) is 20.2 Å². The van der Waals surface area contributed by atoms with Crippen LogP contribution in [0.4, 0.5) is 0 Å². The lowest BCUT2D eigenvalue weighted by Crippen LogP contribution is -2.10. The van der Waals surface area contributed by atoms with Crippen LogP contribution in [0.2, 0.25) is 10.0 Å². The van der Waals surface area contributed by atoms with Crippen LogP contribution in [0.15, 0.2) is 94.7 Å². The minimum absolute atomic E-state index is 0.0662. The fraction of sp³-hybridized carbons (Fsp3) is 0.0769. The van der Waals surface area contributed by atoms with E-state index in [4.69, 9.17) is 36.3 Å². The summed E-state index contributed by atoms with van der Waals surface area (Å²) in [4.78, 5) is -0.132. The first-order chi connectivity index (χ1) is 17.4. The van der Waals surface area contributed by atoms with Gasteiger partial charge in [-0.2, -0.15) is 16.8 Å². The SMILES string of the molecule is Cc1cc(OS(=O)(=O)c2ccc(Oc3ccc(S(=O)(=O)Oc4ccc(Cl)c(C)c4)cc3)cc2)ccc1Cl. The average molecular weight is 579 g/mol. The van der Waals surface area contributed by atoms with Gasteiger partial charge in [0.15, 0.2) is 0 Å². The Labute approximate surface area is 225 Å². The zero-order valence-corrected chi connectivity index (χ0v) is 22.7. The Morgan fingerprint density at radius 3 is 1.16 bits per heavy atom. The van der Waals surface area contributed by atoms with Crippen molar-refractivity contribution in [2.24, 2.45) is 0 Å². The van der Waals surface area contributed by atoms with Gasteiger partial charge < -0.3 is 13.1 Å². The van der Waals surface area contributed by atoms with Gasteiger partial charge >= 0.3 is 20.2 Å². The third kappa shape index (κ3) is 6.56. The molecule has 4 aromatic rings. The van der Waals surface area contributed by atoms with Crippen LogP contribution in [0.5, 0.6) is 23.0 Å². The van der Waals surface area contributed by atoms with E-state index >= 15 is 0 Å². The molecule has 4 aromatic carbocycles. The highest BCUT2D eigenvalue weighted by Crippen LogP contribution is 2.28. The van der Waals surface area contributed by atoms with Gasteiger partial charge in [-0.15, -0.1) is 0 Å². The van der Waals surface area contributed by atoms with Crippen molar-refractivity contribution in [2.45, 2.75) is 23.6 Å². The van der Waals surface area contributed by atoms with Crippen LogP contribution >= 0.6 is 23.2 Å². The molecule has 0 aliphatic rings. The van der Waals surface area contributed by atoms with Crippen LogP contribution in [0, 0.1) is 13.8 Å². The van der Waals surface area contributed by atoms with Gasteiger partial charge in [0, 0.05) is 10.0 Å². The molecule has 4 rings (SSSR count). The van der Waals surface area contributed by atoms with E-state index in [1.807, 2.05) is 0 Å². The standard InChI is InChI=1S/C26H20Cl2O7S2/c1-17-15-21(7-13-25(17)27)34-36(29,30)23-9-3-19(4-10-23)33-20-5-11-24(12-6-20)37(31,32)35-22-8-14-26(28)18(2)16-22/h3-16H,1-2H3. The van der Waals surface area contributed by atoms with E-state index in [0.717, 1.165) is 0 Å². The fourth-order valence-corrected chi connectivity index (χ4v) is 5.25. The summed E-state index contributed by atoms with van der Waals surface area (Å²) in [6.45, 7) is 3.48. The summed E-state index contributed by atoms with van der Waals surface area (Å²) in [6, 6.07) is 20.3. The summed E-state index contributed by atoms with van der Waals surface area (Å²) in [5, 5.41) is 1.00. The molecule has 0 heterocycles. The molecular formula is C26H20Cl2O7S2. The topological polar surface area (TPSA) is 96.0 Å². The Kier molecular flexibility index (Phi) is 7.70. The maximum atomic E-state index is 12.6. The normalized spacial score (nSPS) is 11.7. The molecule has 0 bridgehead atoms. The summed E-state index contributed by atoms with van der Waals surface area (Å²) < 4.78 is 66.4. The molecule has 0 aliphatic carbocycles. The number of hydrogen-bond acceptors (Lipinski definition) is 7. The summed E-state index contributed by atoms with van der Waals surface area (Å²) in [5.41, 5.74) is 1.37. The number of benzene rings is 4. The van der Waals surface area contributed by atoms with Crippen molar-refractivity contribution in [2.75, 3.05) is 0 Å². The molecule has 0 spiro atoms. The lowest BCUT2D eigenvalue weighted by Gasteiger charge is -2.11. The van der Waals surface area contributed by atoms with Crippen LogP contribution in [0.3, 0.4) is 0 Å². The van der Waals surface area contributed by atoms with E-state index in [9.17, 15) is 16.8 Å². The molecule has 0 aliphatic heterocycles. The summed E-state index contributed by atoms with van der Waals surface area (Å²) >= 11 is 11.9. The quantitative estimate of drug-likeness (QED) is 0.209. The monoisotopic (exact) mass is 578 g/mol. The minimum atomic E-state index is -4.07. The first kappa shape index (κ1) is 26.8. The molecule has 0 saturated heterocycles. The van der Waals surface area contributed by atoms with Crippen LogP contribution < -0.4 is 13.1 Å². The minimum Gasteiger partial charge on any atom is -0.457 e. The lowest BCUT2D eigenvalue weighted by atomic mass is 10.2. The second-order valence-corrected chi connectivity index (χ2v) is 11.8. The van der Waals surface area contributed by atoms with Crippen molar-refractivity contribution in [3.63, 3.8) is 0 Å². The first-order valence-electron chi connectivity index (χ1n) is 10.7. The molecule has 11 heteroatoms. The molecule has 0 atom stereocenters. The van der Waals surface area contributed by atoms with E-state index in [1.165, 1.54) is 72.8 Å². The number of halogens is 2. The maximum absolute atomic E-state index is 12.6. The van der Waals surface area contributed by atoms with Gasteiger partial charge in [0.05, 0.1) is 0 Å². The Morgan fingerprint density at radius 1 is 0.514 bits per heavy atom. The van der Waals surface area contributed by atoms with Crippen molar-refractivity contribution in [3.8, 4) is 23.0 Å². The zero-order valence-electron chi connectivity index (χ0n) is 19.5. The van der Waals surface area contributed by atoms with Crippen molar-refractivity contribution >= 4 is 43.4 Å². The molecule has 0 aromatic heterocycles. The van der Waals surface area contributed by atoms with Crippen molar-refractivity contribution in [1.82, 2.24) is 0 Å². The summed E-state index contributed by atoms with van der Waals surface area (Å²) in [6.07, 6.45) is 0. The number of aryl methyl sites for hydroxylation is 2. The number of hydrogen-bond donors (Lipinski definition) is 0. The van der Waals surface area contributed by atoms with Gasteiger partial charge in [0.2, 0.25) is 0 Å². The largest absolute Gasteiger partial charge is 0.457 e. The molecule has 7 nitrogen and oxygen atoms in total. The molecule has 0 saturated carbocycles. The van der Waals surface area contributed by atoms with Gasteiger partial charge in [-0.25, -0.2) is 0 Å². The van der Waals surface area contributed by atoms with Gasteiger partial charge in [-0.3, -0.25) is 0 Å². The van der Waals surface area contributed by atoms with Crippen LogP contribution in [-0.4, -0.2) is 16.8 Å². The highest BCUT2D eigenvalue weighted by Gasteiger charge is 2.19. The zero-order chi connectivity index (χ0) is 26.8. The third-order valence-corrected chi connectivity index (χ3v) is 8.50. The third-order valence-electron chi connectivity index (χ3n) is 5.13. The fourth-order valence-electron chi connectivity index (χ4n) is 3.17. The Hall–Kier alpha value is -3.24. The van der Waals surface area contributed by atoms with E-state index in [0.29, 0.717) is 32.7 Å².